The SMILES string of the molecule is CCCNCc1cnc(C2CCCC(C)C2)s1. The van der Waals surface area contributed by atoms with Crippen LogP contribution in [0, 0.1) is 5.92 Å². The molecule has 0 saturated heterocycles. The van der Waals surface area contributed by atoms with Crippen LogP contribution in [0.3, 0.4) is 0 Å². The van der Waals surface area contributed by atoms with E-state index in [0.29, 0.717) is 0 Å². The first-order chi connectivity index (χ1) is 8.29. The highest BCUT2D eigenvalue weighted by molar-refractivity contribution is 7.11. The largest absolute Gasteiger partial charge is 0.312 e. The maximum atomic E-state index is 4.63. The number of rotatable bonds is 5. The molecule has 0 spiro atoms. The fourth-order valence-electron chi connectivity index (χ4n) is 2.64. The molecule has 1 saturated carbocycles. The molecule has 17 heavy (non-hydrogen) atoms. The zero-order valence-corrected chi connectivity index (χ0v) is 11.9. The predicted octanol–water partition coefficient (Wildman–Crippen LogP) is 3.94. The van der Waals surface area contributed by atoms with Gasteiger partial charge in [-0.2, -0.15) is 0 Å². The molecule has 1 aliphatic rings. The minimum atomic E-state index is 0.740. The Labute approximate surface area is 109 Å². The first-order valence-corrected chi connectivity index (χ1v) is 7.76. The number of aromatic nitrogens is 1. The van der Waals surface area contributed by atoms with Gasteiger partial charge in [0.15, 0.2) is 0 Å². The van der Waals surface area contributed by atoms with Gasteiger partial charge in [0.25, 0.3) is 0 Å². The molecule has 1 aliphatic carbocycles. The van der Waals surface area contributed by atoms with Gasteiger partial charge in [-0.15, -0.1) is 11.3 Å². The molecule has 1 fully saturated rings. The van der Waals surface area contributed by atoms with Crippen LogP contribution in [0.2, 0.25) is 0 Å². The maximum absolute atomic E-state index is 4.63. The van der Waals surface area contributed by atoms with Crippen molar-refractivity contribution in [3.63, 3.8) is 0 Å². The molecule has 1 heterocycles. The predicted molar refractivity (Wildman–Crippen MR) is 74.5 cm³/mol. The summed E-state index contributed by atoms with van der Waals surface area (Å²) in [6.07, 6.45) is 8.75. The molecule has 0 radical (unpaired) electrons. The molecule has 2 rings (SSSR count). The van der Waals surface area contributed by atoms with E-state index in [2.05, 4.69) is 30.3 Å². The lowest BCUT2D eigenvalue weighted by molar-refractivity contribution is 0.343. The van der Waals surface area contributed by atoms with Crippen molar-refractivity contribution in [3.8, 4) is 0 Å². The standard InChI is InChI=1S/C14H24N2S/c1-3-7-15-9-13-10-16-14(17-13)12-6-4-5-11(2)8-12/h10-12,15H,3-9H2,1-2H3. The highest BCUT2D eigenvalue weighted by atomic mass is 32.1. The van der Waals surface area contributed by atoms with Crippen LogP contribution >= 0.6 is 11.3 Å². The second kappa shape index (κ2) is 6.50. The number of nitrogens with zero attached hydrogens (tertiary/aromatic N) is 1. The molecule has 1 N–H and O–H groups in total. The van der Waals surface area contributed by atoms with Gasteiger partial charge >= 0.3 is 0 Å². The van der Waals surface area contributed by atoms with Crippen molar-refractivity contribution in [2.45, 2.75) is 58.4 Å². The van der Waals surface area contributed by atoms with Crippen LogP contribution < -0.4 is 5.32 Å². The van der Waals surface area contributed by atoms with E-state index in [0.717, 1.165) is 24.9 Å². The van der Waals surface area contributed by atoms with Crippen LogP contribution in [0.15, 0.2) is 6.20 Å². The number of hydrogen-bond acceptors (Lipinski definition) is 3. The van der Waals surface area contributed by atoms with Gasteiger partial charge in [0.2, 0.25) is 0 Å². The van der Waals surface area contributed by atoms with Gasteiger partial charge in [-0.25, -0.2) is 4.98 Å². The quantitative estimate of drug-likeness (QED) is 0.803. The highest BCUT2D eigenvalue weighted by Crippen LogP contribution is 2.37. The summed E-state index contributed by atoms with van der Waals surface area (Å²) in [7, 11) is 0. The van der Waals surface area contributed by atoms with Crippen molar-refractivity contribution in [1.82, 2.24) is 10.3 Å². The van der Waals surface area contributed by atoms with Crippen molar-refractivity contribution in [3.05, 3.63) is 16.1 Å². The molecule has 1 aromatic rings. The molecular weight excluding hydrogens is 228 g/mol. The average Bonchev–Trinajstić information content (AvgIpc) is 2.78. The molecule has 0 aliphatic heterocycles. The first kappa shape index (κ1) is 13.0. The number of hydrogen-bond donors (Lipinski definition) is 1. The third-order valence-electron chi connectivity index (χ3n) is 3.58. The Morgan fingerprint density at radius 1 is 1.47 bits per heavy atom. The molecule has 2 unspecified atom stereocenters. The zero-order valence-electron chi connectivity index (χ0n) is 11.0. The zero-order chi connectivity index (χ0) is 12.1. The second-order valence-corrected chi connectivity index (χ2v) is 6.46. The van der Waals surface area contributed by atoms with E-state index in [1.165, 1.54) is 42.0 Å². The smallest absolute Gasteiger partial charge is 0.0959 e. The van der Waals surface area contributed by atoms with Crippen LogP contribution in [0.25, 0.3) is 0 Å². The fraction of sp³-hybridized carbons (Fsp3) is 0.786. The van der Waals surface area contributed by atoms with Gasteiger partial charge in [0, 0.05) is 23.5 Å². The van der Waals surface area contributed by atoms with E-state index >= 15 is 0 Å². The van der Waals surface area contributed by atoms with E-state index in [1.54, 1.807) is 0 Å². The van der Waals surface area contributed by atoms with Gasteiger partial charge < -0.3 is 5.32 Å². The fourth-order valence-corrected chi connectivity index (χ4v) is 3.67. The monoisotopic (exact) mass is 252 g/mol. The Hall–Kier alpha value is -0.410. The lowest BCUT2D eigenvalue weighted by atomic mass is 9.83. The van der Waals surface area contributed by atoms with Crippen LogP contribution in [-0.2, 0) is 6.54 Å². The first-order valence-electron chi connectivity index (χ1n) is 6.95. The maximum Gasteiger partial charge on any atom is 0.0959 e. The van der Waals surface area contributed by atoms with Crippen LogP contribution in [0.5, 0.6) is 0 Å². The van der Waals surface area contributed by atoms with E-state index in [1.807, 2.05) is 11.3 Å². The number of thiazole rings is 1. The second-order valence-electron chi connectivity index (χ2n) is 5.31. The van der Waals surface area contributed by atoms with Gasteiger partial charge in [0.05, 0.1) is 5.01 Å². The van der Waals surface area contributed by atoms with Gasteiger partial charge in [-0.05, 0) is 31.7 Å². The molecule has 0 bridgehead atoms. The molecule has 2 nitrogen and oxygen atoms in total. The van der Waals surface area contributed by atoms with E-state index in [4.69, 9.17) is 0 Å². The summed E-state index contributed by atoms with van der Waals surface area (Å²) in [6, 6.07) is 0. The lowest BCUT2D eigenvalue weighted by Crippen LogP contribution is -2.12. The summed E-state index contributed by atoms with van der Waals surface area (Å²) < 4.78 is 0. The molecule has 2 atom stereocenters. The summed E-state index contributed by atoms with van der Waals surface area (Å²) in [5.74, 6) is 1.63. The molecule has 0 amide bonds. The third-order valence-corrected chi connectivity index (χ3v) is 4.74. The van der Waals surface area contributed by atoms with E-state index in [9.17, 15) is 0 Å². The molecular formula is C14H24N2S. The Balaban J connectivity index is 1.88. The van der Waals surface area contributed by atoms with Crippen molar-refractivity contribution in [2.24, 2.45) is 5.92 Å². The summed E-state index contributed by atoms with van der Waals surface area (Å²) in [5, 5.41) is 4.83. The van der Waals surface area contributed by atoms with E-state index in [-0.39, 0.29) is 0 Å². The van der Waals surface area contributed by atoms with Gasteiger partial charge in [-0.3, -0.25) is 0 Å². The van der Waals surface area contributed by atoms with Crippen LogP contribution in [-0.4, -0.2) is 11.5 Å². The van der Waals surface area contributed by atoms with Crippen molar-refractivity contribution in [1.29, 1.82) is 0 Å². The summed E-state index contributed by atoms with van der Waals surface area (Å²) in [4.78, 5) is 6.03. The summed E-state index contributed by atoms with van der Waals surface area (Å²) >= 11 is 1.92. The Kier molecular flexibility index (Phi) is 4.99. The highest BCUT2D eigenvalue weighted by Gasteiger charge is 2.22. The lowest BCUT2D eigenvalue weighted by Gasteiger charge is -2.24. The van der Waals surface area contributed by atoms with Crippen molar-refractivity contribution in [2.75, 3.05) is 6.54 Å². The molecule has 1 aromatic heterocycles. The summed E-state index contributed by atoms with van der Waals surface area (Å²) in [6.45, 7) is 6.68. The molecule has 0 aromatic carbocycles. The topological polar surface area (TPSA) is 24.9 Å². The normalized spacial score (nSPS) is 25.1. The van der Waals surface area contributed by atoms with E-state index < -0.39 is 0 Å². The third kappa shape index (κ3) is 3.78. The summed E-state index contributed by atoms with van der Waals surface area (Å²) in [5.41, 5.74) is 0. The number of nitrogens with one attached hydrogen (secondary N) is 1. The average molecular weight is 252 g/mol. The van der Waals surface area contributed by atoms with Gasteiger partial charge in [-0.1, -0.05) is 26.7 Å². The molecule has 96 valence electrons. The van der Waals surface area contributed by atoms with Crippen molar-refractivity contribution >= 4 is 11.3 Å². The van der Waals surface area contributed by atoms with Crippen LogP contribution in [0.1, 0.15) is 61.8 Å². The Morgan fingerprint density at radius 2 is 2.35 bits per heavy atom. The van der Waals surface area contributed by atoms with Gasteiger partial charge in [0.1, 0.15) is 0 Å². The van der Waals surface area contributed by atoms with Crippen molar-refractivity contribution < 1.29 is 0 Å². The van der Waals surface area contributed by atoms with Crippen LogP contribution in [0.4, 0.5) is 0 Å². The molecule has 3 heteroatoms. The minimum Gasteiger partial charge on any atom is -0.312 e. The minimum absolute atomic E-state index is 0.740. The Bertz CT molecular complexity index is 335. The Morgan fingerprint density at radius 3 is 3.12 bits per heavy atom.